The van der Waals surface area contributed by atoms with E-state index in [0.717, 1.165) is 4.88 Å². The molecule has 0 radical (unpaired) electrons. The van der Waals surface area contributed by atoms with Crippen LogP contribution in [0.25, 0.3) is 10.6 Å². The van der Waals surface area contributed by atoms with Gasteiger partial charge in [-0.25, -0.2) is 8.42 Å². The lowest BCUT2D eigenvalue weighted by Crippen LogP contribution is -2.40. The summed E-state index contributed by atoms with van der Waals surface area (Å²) in [5, 5.41) is 8.67. The number of benzene rings is 1. The summed E-state index contributed by atoms with van der Waals surface area (Å²) in [5.41, 5.74) is 0.973. The smallest absolute Gasteiger partial charge is 0.251 e. The average Bonchev–Trinajstić information content (AvgIpc) is 3.44. The lowest BCUT2D eigenvalue weighted by molar-refractivity contribution is 0.0730. The maximum Gasteiger partial charge on any atom is 0.251 e. The van der Waals surface area contributed by atoms with E-state index in [9.17, 15) is 13.2 Å². The molecule has 4 rings (SSSR count). The summed E-state index contributed by atoms with van der Waals surface area (Å²) in [7, 11) is -3.58. The number of hydrogen-bond acceptors (Lipinski definition) is 7. The second kappa shape index (κ2) is 8.46. The second-order valence-corrected chi connectivity index (χ2v) is 9.27. The predicted molar refractivity (Wildman–Crippen MR) is 107 cm³/mol. The number of morpholine rings is 1. The Labute approximate surface area is 172 Å². The van der Waals surface area contributed by atoms with Crippen molar-refractivity contribution in [3.05, 3.63) is 59.1 Å². The van der Waals surface area contributed by atoms with Crippen LogP contribution in [0.4, 0.5) is 0 Å². The standard InChI is InChI=1S/C19H19N3O5S2/c23-19(20-13-15-12-17(27-21-15)18-2-1-11-28-18)14-3-5-16(6-4-14)29(24,25)22-7-9-26-10-8-22/h1-6,11-12H,7-10,13H2,(H,20,23). The Balaban J connectivity index is 1.38. The summed E-state index contributed by atoms with van der Waals surface area (Å²) in [6.45, 7) is 1.64. The number of amides is 1. The Morgan fingerprint density at radius 2 is 1.93 bits per heavy atom. The molecule has 0 spiro atoms. The fourth-order valence-electron chi connectivity index (χ4n) is 2.92. The zero-order chi connectivity index (χ0) is 20.3. The molecule has 1 fully saturated rings. The third-order valence-corrected chi connectivity index (χ3v) is 7.27. The number of hydrogen-bond donors (Lipinski definition) is 1. The van der Waals surface area contributed by atoms with Gasteiger partial charge in [-0.05, 0) is 35.7 Å². The zero-order valence-electron chi connectivity index (χ0n) is 15.4. The van der Waals surface area contributed by atoms with Crippen molar-refractivity contribution >= 4 is 27.3 Å². The zero-order valence-corrected chi connectivity index (χ0v) is 17.0. The summed E-state index contributed by atoms with van der Waals surface area (Å²) in [6, 6.07) is 11.5. The molecule has 1 aliphatic rings. The predicted octanol–water partition coefficient (Wildman–Crippen LogP) is 2.35. The first-order valence-corrected chi connectivity index (χ1v) is 11.3. The molecule has 0 saturated carbocycles. The molecule has 29 heavy (non-hydrogen) atoms. The van der Waals surface area contributed by atoms with Crippen LogP contribution in [0.2, 0.25) is 0 Å². The van der Waals surface area contributed by atoms with E-state index >= 15 is 0 Å². The Hall–Kier alpha value is -2.53. The fourth-order valence-corrected chi connectivity index (χ4v) is 5.00. The topological polar surface area (TPSA) is 102 Å². The molecule has 1 amide bonds. The quantitative estimate of drug-likeness (QED) is 0.640. The van der Waals surface area contributed by atoms with Crippen LogP contribution in [-0.2, 0) is 21.3 Å². The maximum absolute atomic E-state index is 12.6. The Morgan fingerprint density at radius 1 is 1.17 bits per heavy atom. The number of sulfonamides is 1. The highest BCUT2D eigenvalue weighted by Crippen LogP contribution is 2.25. The third kappa shape index (κ3) is 4.40. The number of thiophene rings is 1. The van der Waals surface area contributed by atoms with E-state index in [1.165, 1.54) is 28.6 Å². The van der Waals surface area contributed by atoms with Gasteiger partial charge in [-0.2, -0.15) is 4.31 Å². The highest BCUT2D eigenvalue weighted by molar-refractivity contribution is 7.89. The lowest BCUT2D eigenvalue weighted by atomic mass is 10.2. The molecule has 1 N–H and O–H groups in total. The van der Waals surface area contributed by atoms with Gasteiger partial charge in [0.15, 0.2) is 5.76 Å². The van der Waals surface area contributed by atoms with Crippen LogP contribution in [0, 0.1) is 0 Å². The molecule has 3 aromatic rings. The molecule has 0 atom stereocenters. The summed E-state index contributed by atoms with van der Waals surface area (Å²) >= 11 is 1.54. The molecule has 0 aliphatic carbocycles. The largest absolute Gasteiger partial charge is 0.379 e. The molecule has 0 unspecified atom stereocenters. The highest BCUT2D eigenvalue weighted by Gasteiger charge is 2.26. The minimum Gasteiger partial charge on any atom is -0.379 e. The van der Waals surface area contributed by atoms with E-state index in [2.05, 4.69) is 10.5 Å². The van der Waals surface area contributed by atoms with E-state index in [1.807, 2.05) is 17.5 Å². The molecule has 1 aromatic carbocycles. The summed E-state index contributed by atoms with van der Waals surface area (Å²) in [6.07, 6.45) is 0. The molecule has 0 bridgehead atoms. The van der Waals surface area contributed by atoms with Gasteiger partial charge in [0.25, 0.3) is 5.91 Å². The van der Waals surface area contributed by atoms with Crippen molar-refractivity contribution in [2.75, 3.05) is 26.3 Å². The van der Waals surface area contributed by atoms with Crippen molar-refractivity contribution in [1.29, 1.82) is 0 Å². The van der Waals surface area contributed by atoms with Crippen molar-refractivity contribution < 1.29 is 22.5 Å². The van der Waals surface area contributed by atoms with E-state index in [0.29, 0.717) is 43.3 Å². The van der Waals surface area contributed by atoms with Gasteiger partial charge in [-0.1, -0.05) is 11.2 Å². The Kier molecular flexibility index (Phi) is 5.76. The Bertz CT molecular complexity index is 1070. The number of aromatic nitrogens is 1. The minimum absolute atomic E-state index is 0.160. The van der Waals surface area contributed by atoms with Gasteiger partial charge in [-0.3, -0.25) is 4.79 Å². The normalized spacial score (nSPS) is 15.3. The molecule has 10 heteroatoms. The Morgan fingerprint density at radius 3 is 2.62 bits per heavy atom. The number of rotatable bonds is 6. The number of carbonyl (C=O) groups is 1. The van der Waals surface area contributed by atoms with Crippen LogP contribution in [-0.4, -0.2) is 50.1 Å². The van der Waals surface area contributed by atoms with Gasteiger partial charge >= 0.3 is 0 Å². The van der Waals surface area contributed by atoms with Gasteiger partial charge in [0.1, 0.15) is 5.69 Å². The maximum atomic E-state index is 12.6. The first-order valence-electron chi connectivity index (χ1n) is 9.00. The average molecular weight is 434 g/mol. The van der Waals surface area contributed by atoms with Crippen LogP contribution >= 0.6 is 11.3 Å². The SMILES string of the molecule is O=C(NCc1cc(-c2cccs2)on1)c1ccc(S(=O)(=O)N2CCOCC2)cc1. The molecule has 1 saturated heterocycles. The van der Waals surface area contributed by atoms with Gasteiger partial charge in [-0.15, -0.1) is 11.3 Å². The summed E-state index contributed by atoms with van der Waals surface area (Å²) in [4.78, 5) is 13.5. The molecule has 3 heterocycles. The number of nitrogens with zero attached hydrogens (tertiary/aromatic N) is 2. The monoisotopic (exact) mass is 433 g/mol. The lowest BCUT2D eigenvalue weighted by Gasteiger charge is -2.26. The van der Waals surface area contributed by atoms with Crippen LogP contribution < -0.4 is 5.32 Å². The van der Waals surface area contributed by atoms with Crippen LogP contribution in [0.5, 0.6) is 0 Å². The first kappa shape index (κ1) is 19.8. The van der Waals surface area contributed by atoms with E-state index in [4.69, 9.17) is 9.26 Å². The van der Waals surface area contributed by atoms with Gasteiger partial charge in [0, 0.05) is 24.7 Å². The molecule has 1 aliphatic heterocycles. The van der Waals surface area contributed by atoms with Crippen molar-refractivity contribution in [3.63, 3.8) is 0 Å². The van der Waals surface area contributed by atoms with Crippen molar-refractivity contribution in [1.82, 2.24) is 14.8 Å². The minimum atomic E-state index is -3.58. The van der Waals surface area contributed by atoms with Gasteiger partial charge in [0.2, 0.25) is 10.0 Å². The van der Waals surface area contributed by atoms with Crippen LogP contribution in [0.3, 0.4) is 0 Å². The van der Waals surface area contributed by atoms with Crippen LogP contribution in [0.1, 0.15) is 16.1 Å². The van der Waals surface area contributed by atoms with Gasteiger partial charge < -0.3 is 14.6 Å². The number of nitrogens with one attached hydrogen (secondary N) is 1. The fraction of sp³-hybridized carbons (Fsp3) is 0.263. The highest BCUT2D eigenvalue weighted by atomic mass is 32.2. The van der Waals surface area contributed by atoms with Crippen molar-refractivity contribution in [2.45, 2.75) is 11.4 Å². The van der Waals surface area contributed by atoms with Crippen molar-refractivity contribution in [3.8, 4) is 10.6 Å². The number of ether oxygens (including phenoxy) is 1. The summed E-state index contributed by atoms with van der Waals surface area (Å²) in [5.74, 6) is 0.336. The molecular weight excluding hydrogens is 414 g/mol. The summed E-state index contributed by atoms with van der Waals surface area (Å²) < 4.78 is 37.1. The van der Waals surface area contributed by atoms with Crippen molar-refractivity contribution in [2.24, 2.45) is 0 Å². The van der Waals surface area contributed by atoms with Crippen LogP contribution in [0.15, 0.2) is 57.3 Å². The second-order valence-electron chi connectivity index (χ2n) is 6.38. The molecule has 2 aromatic heterocycles. The molecule has 152 valence electrons. The van der Waals surface area contributed by atoms with E-state index < -0.39 is 10.0 Å². The third-order valence-electron chi connectivity index (χ3n) is 4.48. The van der Waals surface area contributed by atoms with E-state index in [-0.39, 0.29) is 17.3 Å². The molecular formula is C19H19N3O5S2. The molecule has 8 nitrogen and oxygen atoms in total. The number of carbonyl (C=O) groups excluding carboxylic acids is 1. The van der Waals surface area contributed by atoms with Gasteiger partial charge in [0.05, 0.1) is 29.5 Å². The van der Waals surface area contributed by atoms with E-state index in [1.54, 1.807) is 17.4 Å². The first-order chi connectivity index (χ1) is 14.0.